The highest BCUT2D eigenvalue weighted by Gasteiger charge is 2.47. The van der Waals surface area contributed by atoms with Crippen LogP contribution in [0.4, 0.5) is 0 Å². The molecule has 9 heteroatoms. The number of benzene rings is 3. The Hall–Kier alpha value is -4.28. The summed E-state index contributed by atoms with van der Waals surface area (Å²) in [6, 6.07) is 27.1. The lowest BCUT2D eigenvalue weighted by Crippen LogP contribution is -2.39. The lowest BCUT2D eigenvalue weighted by atomic mass is 9.80. The number of aromatic amines is 1. The van der Waals surface area contributed by atoms with Crippen LogP contribution in [0.25, 0.3) is 11.0 Å². The minimum absolute atomic E-state index is 0.0353. The van der Waals surface area contributed by atoms with E-state index in [1.165, 1.54) is 0 Å². The zero-order chi connectivity index (χ0) is 28.4. The Balaban J connectivity index is 1.38. The van der Waals surface area contributed by atoms with E-state index in [0.29, 0.717) is 17.1 Å². The minimum atomic E-state index is -1.23. The van der Waals surface area contributed by atoms with Crippen LogP contribution in [0, 0.1) is 0 Å². The van der Waals surface area contributed by atoms with Crippen molar-refractivity contribution < 1.29 is 29.2 Å². The summed E-state index contributed by atoms with van der Waals surface area (Å²) in [5, 5.41) is 22.8. The van der Waals surface area contributed by atoms with Crippen LogP contribution in [-0.2, 0) is 15.1 Å². The Morgan fingerprint density at radius 1 is 0.805 bits per heavy atom. The van der Waals surface area contributed by atoms with Crippen LogP contribution < -0.4 is 9.47 Å². The number of fused-ring (bicyclic) bond motifs is 1. The van der Waals surface area contributed by atoms with Crippen molar-refractivity contribution >= 4 is 11.0 Å². The average Bonchev–Trinajstić information content (AvgIpc) is 3.62. The predicted octanol–water partition coefficient (Wildman–Crippen LogP) is 4.15. The predicted molar refractivity (Wildman–Crippen MR) is 152 cm³/mol. The van der Waals surface area contributed by atoms with E-state index in [1.807, 2.05) is 84.9 Å². The van der Waals surface area contributed by atoms with Crippen LogP contribution in [0.15, 0.2) is 97.3 Å². The number of hydrogen-bond donors (Lipinski definition) is 3. The largest absolute Gasteiger partial charge is 0.497 e. The van der Waals surface area contributed by atoms with E-state index in [4.69, 9.17) is 18.9 Å². The number of rotatable bonds is 9. The summed E-state index contributed by atoms with van der Waals surface area (Å²) in [6.07, 6.45) is -0.791. The van der Waals surface area contributed by atoms with Gasteiger partial charge in [0.25, 0.3) is 0 Å². The molecule has 210 valence electrons. The summed E-state index contributed by atoms with van der Waals surface area (Å²) in [6.45, 7) is -0.0353. The summed E-state index contributed by atoms with van der Waals surface area (Å²) in [4.78, 5) is 11.9. The first kappa shape index (κ1) is 26.9. The fraction of sp³-hybridized carbons (Fsp3) is 0.250. The number of hydrogen-bond acceptors (Lipinski definition) is 8. The molecule has 0 bridgehead atoms. The van der Waals surface area contributed by atoms with E-state index in [1.54, 1.807) is 26.6 Å². The topological polar surface area (TPSA) is 119 Å². The second-order valence-electron chi connectivity index (χ2n) is 9.90. The fourth-order valence-electron chi connectivity index (χ4n) is 5.37. The Bertz CT molecular complexity index is 1540. The molecule has 9 nitrogen and oxygen atoms in total. The van der Waals surface area contributed by atoms with Crippen LogP contribution in [0.5, 0.6) is 11.5 Å². The van der Waals surface area contributed by atoms with Crippen molar-refractivity contribution in [2.75, 3.05) is 20.8 Å². The molecule has 41 heavy (non-hydrogen) atoms. The molecule has 0 amide bonds. The number of nitrogens with zero attached hydrogens (tertiary/aromatic N) is 2. The van der Waals surface area contributed by atoms with Gasteiger partial charge in [0.1, 0.15) is 47.2 Å². The average molecular weight is 554 g/mol. The number of ether oxygens (including phenoxy) is 4. The highest BCUT2D eigenvalue weighted by Crippen LogP contribution is 2.43. The van der Waals surface area contributed by atoms with Crippen molar-refractivity contribution in [2.24, 2.45) is 0 Å². The Labute approximate surface area is 237 Å². The summed E-state index contributed by atoms with van der Waals surface area (Å²) in [5.74, 6) is 1.71. The van der Waals surface area contributed by atoms with Crippen molar-refractivity contribution in [3.05, 3.63) is 120 Å². The molecule has 0 spiro atoms. The molecule has 1 unspecified atom stereocenters. The lowest BCUT2D eigenvalue weighted by molar-refractivity contribution is -0.0837. The standard InChI is InChI=1S/C32H31N3O6/c1-38-24-12-8-22(9-13-24)32(21-6-4-3-5-7-21,23-10-14-25(39-2)15-11-23)40-19-26-27(36)28(37)29(41-26)31-34-18-20-16-17-33-30(20)35-31/h3-18,26-29,36-37H,19H2,1-2H3,(H,33,34,35)/t26-,27-,28-,29?/m1/s1. The number of aromatic nitrogens is 3. The van der Waals surface area contributed by atoms with Crippen molar-refractivity contribution in [1.82, 2.24) is 15.0 Å². The molecular formula is C32H31N3O6. The SMILES string of the molecule is COc1ccc(C(OC[C@H]2OC(c3ncc4cc[nH]c4n3)[C@H](O)[C@@H]2O)(c2ccccc2)c2ccc(OC)cc2)cc1. The first-order valence-electron chi connectivity index (χ1n) is 13.3. The molecule has 3 heterocycles. The van der Waals surface area contributed by atoms with Crippen LogP contribution in [-0.4, -0.2) is 64.3 Å². The summed E-state index contributed by atoms with van der Waals surface area (Å²) < 4.78 is 23.9. The molecule has 3 N–H and O–H groups in total. The highest BCUT2D eigenvalue weighted by atomic mass is 16.6. The molecule has 1 fully saturated rings. The third kappa shape index (κ3) is 4.93. The van der Waals surface area contributed by atoms with Gasteiger partial charge < -0.3 is 34.1 Å². The van der Waals surface area contributed by atoms with Gasteiger partial charge in [0.15, 0.2) is 5.82 Å². The number of H-pyrrole nitrogens is 1. The second-order valence-corrected chi connectivity index (χ2v) is 9.90. The molecule has 0 aliphatic carbocycles. The van der Waals surface area contributed by atoms with E-state index in [-0.39, 0.29) is 12.4 Å². The quantitative estimate of drug-likeness (QED) is 0.233. The number of aliphatic hydroxyl groups is 2. The van der Waals surface area contributed by atoms with Gasteiger partial charge >= 0.3 is 0 Å². The van der Waals surface area contributed by atoms with Gasteiger partial charge in [-0.1, -0.05) is 54.6 Å². The monoisotopic (exact) mass is 553 g/mol. The molecule has 1 aliphatic heterocycles. The highest BCUT2D eigenvalue weighted by molar-refractivity contribution is 5.73. The summed E-state index contributed by atoms with van der Waals surface area (Å²) in [7, 11) is 3.24. The van der Waals surface area contributed by atoms with Gasteiger partial charge in [0, 0.05) is 17.8 Å². The van der Waals surface area contributed by atoms with Crippen LogP contribution in [0.2, 0.25) is 0 Å². The number of nitrogens with one attached hydrogen (secondary N) is 1. The maximum absolute atomic E-state index is 11.1. The molecule has 5 aromatic rings. The van der Waals surface area contributed by atoms with E-state index in [2.05, 4.69) is 15.0 Å². The van der Waals surface area contributed by atoms with E-state index in [0.717, 1.165) is 22.1 Å². The Morgan fingerprint density at radius 2 is 1.41 bits per heavy atom. The Kier molecular flexibility index (Phi) is 7.42. The number of methoxy groups -OCH3 is 2. The zero-order valence-electron chi connectivity index (χ0n) is 22.7. The van der Waals surface area contributed by atoms with Gasteiger partial charge in [-0.3, -0.25) is 0 Å². The molecule has 6 rings (SSSR count). The lowest BCUT2D eigenvalue weighted by Gasteiger charge is -2.37. The van der Waals surface area contributed by atoms with Gasteiger partial charge in [-0.2, -0.15) is 0 Å². The van der Waals surface area contributed by atoms with Gasteiger partial charge in [-0.05, 0) is 47.0 Å². The number of aliphatic hydroxyl groups excluding tert-OH is 2. The van der Waals surface area contributed by atoms with Crippen LogP contribution in [0.1, 0.15) is 28.6 Å². The van der Waals surface area contributed by atoms with Crippen molar-refractivity contribution in [3.63, 3.8) is 0 Å². The van der Waals surface area contributed by atoms with Gasteiger partial charge in [-0.15, -0.1) is 0 Å². The Morgan fingerprint density at radius 3 is 2.02 bits per heavy atom. The van der Waals surface area contributed by atoms with Gasteiger partial charge in [-0.25, -0.2) is 9.97 Å². The van der Waals surface area contributed by atoms with E-state index in [9.17, 15) is 10.2 Å². The maximum atomic E-state index is 11.1. The second kappa shape index (κ2) is 11.3. The molecule has 4 atom stereocenters. The molecule has 0 saturated carbocycles. The van der Waals surface area contributed by atoms with Crippen molar-refractivity contribution in [1.29, 1.82) is 0 Å². The van der Waals surface area contributed by atoms with Crippen molar-refractivity contribution in [3.8, 4) is 11.5 Å². The first-order valence-corrected chi connectivity index (χ1v) is 13.3. The van der Waals surface area contributed by atoms with Gasteiger partial charge in [0.05, 0.1) is 20.8 Å². The fourth-order valence-corrected chi connectivity index (χ4v) is 5.37. The molecule has 1 aliphatic rings. The van der Waals surface area contributed by atoms with E-state index >= 15 is 0 Å². The van der Waals surface area contributed by atoms with Crippen molar-refractivity contribution in [2.45, 2.75) is 30.0 Å². The molecule has 2 aromatic heterocycles. The molecular weight excluding hydrogens is 522 g/mol. The summed E-state index contributed by atoms with van der Waals surface area (Å²) >= 11 is 0. The smallest absolute Gasteiger partial charge is 0.162 e. The normalized spacial score (nSPS) is 20.8. The van der Waals surface area contributed by atoms with Crippen LogP contribution >= 0.6 is 0 Å². The van der Waals surface area contributed by atoms with Gasteiger partial charge in [0.2, 0.25) is 0 Å². The first-order chi connectivity index (χ1) is 20.0. The third-order valence-electron chi connectivity index (χ3n) is 7.57. The maximum Gasteiger partial charge on any atom is 0.162 e. The molecule has 0 radical (unpaired) electrons. The minimum Gasteiger partial charge on any atom is -0.497 e. The zero-order valence-corrected chi connectivity index (χ0v) is 22.7. The molecule has 1 saturated heterocycles. The molecule has 3 aromatic carbocycles. The van der Waals surface area contributed by atoms with E-state index < -0.39 is 30.0 Å². The summed E-state index contributed by atoms with van der Waals surface area (Å²) in [5.41, 5.74) is 2.10. The third-order valence-corrected chi connectivity index (χ3v) is 7.57. The van der Waals surface area contributed by atoms with Crippen LogP contribution in [0.3, 0.4) is 0 Å².